The number of nitrogens with zero attached hydrogens (tertiary/aromatic N) is 1. The summed E-state index contributed by atoms with van der Waals surface area (Å²) in [6, 6.07) is 20.6. The number of carbonyl (C=O) groups is 2. The molecule has 1 aliphatic rings. The molecule has 1 fully saturated rings. The number of piperidine rings is 1. The lowest BCUT2D eigenvalue weighted by molar-refractivity contribution is -0.118. The Balaban J connectivity index is 1.44. The number of anilines is 2. The van der Waals surface area contributed by atoms with E-state index in [9.17, 15) is 9.59 Å². The molecule has 2 heterocycles. The molecule has 1 aliphatic heterocycles. The summed E-state index contributed by atoms with van der Waals surface area (Å²) in [5.74, 6) is -0.453. The number of thiophene rings is 1. The highest BCUT2D eigenvalue weighted by molar-refractivity contribution is 7.12. The first-order valence-electron chi connectivity index (χ1n) is 10.7. The zero-order chi connectivity index (χ0) is 21.5. The third-order valence-electron chi connectivity index (χ3n) is 5.51. The molecule has 0 radical (unpaired) electrons. The Morgan fingerprint density at radius 2 is 1.65 bits per heavy atom. The van der Waals surface area contributed by atoms with Crippen LogP contribution in [0.25, 0.3) is 0 Å². The van der Waals surface area contributed by atoms with Crippen molar-refractivity contribution in [2.45, 2.75) is 31.7 Å². The molecule has 1 atom stereocenters. The minimum Gasteiger partial charge on any atom is -0.372 e. The van der Waals surface area contributed by atoms with Crippen LogP contribution in [0.4, 0.5) is 11.4 Å². The lowest BCUT2D eigenvalue weighted by Gasteiger charge is -2.29. The van der Waals surface area contributed by atoms with Crippen molar-refractivity contribution in [3.05, 3.63) is 82.6 Å². The fourth-order valence-electron chi connectivity index (χ4n) is 3.83. The Labute approximate surface area is 187 Å². The lowest BCUT2D eigenvalue weighted by Crippen LogP contribution is -2.45. The molecule has 2 aromatic carbocycles. The molecule has 0 unspecified atom stereocenters. The van der Waals surface area contributed by atoms with E-state index in [0.29, 0.717) is 11.3 Å². The molecule has 0 bridgehead atoms. The van der Waals surface area contributed by atoms with Gasteiger partial charge in [-0.2, -0.15) is 0 Å². The van der Waals surface area contributed by atoms with Crippen molar-refractivity contribution in [2.75, 3.05) is 23.3 Å². The first-order chi connectivity index (χ1) is 15.2. The van der Waals surface area contributed by atoms with Crippen LogP contribution in [0.3, 0.4) is 0 Å². The van der Waals surface area contributed by atoms with Crippen molar-refractivity contribution < 1.29 is 9.59 Å². The van der Waals surface area contributed by atoms with E-state index in [1.807, 2.05) is 53.9 Å². The average Bonchev–Trinajstić information content (AvgIpc) is 3.36. The maximum absolute atomic E-state index is 13.1. The van der Waals surface area contributed by atoms with Gasteiger partial charge < -0.3 is 15.5 Å². The van der Waals surface area contributed by atoms with Gasteiger partial charge in [-0.3, -0.25) is 9.59 Å². The van der Waals surface area contributed by atoms with Crippen LogP contribution in [-0.4, -0.2) is 30.9 Å². The summed E-state index contributed by atoms with van der Waals surface area (Å²) >= 11 is 1.36. The number of carbonyl (C=O) groups excluding carboxylic acids is 2. The molecule has 6 heteroatoms. The van der Waals surface area contributed by atoms with Gasteiger partial charge in [-0.25, -0.2) is 0 Å². The van der Waals surface area contributed by atoms with Gasteiger partial charge >= 0.3 is 0 Å². The first kappa shape index (κ1) is 21.1. The maximum Gasteiger partial charge on any atom is 0.262 e. The summed E-state index contributed by atoms with van der Waals surface area (Å²) in [4.78, 5) is 28.7. The predicted molar refractivity (Wildman–Crippen MR) is 127 cm³/mol. The molecule has 1 aromatic heterocycles. The number of hydrogen-bond acceptors (Lipinski definition) is 4. The van der Waals surface area contributed by atoms with E-state index in [1.54, 1.807) is 6.07 Å². The largest absolute Gasteiger partial charge is 0.372 e. The zero-order valence-corrected chi connectivity index (χ0v) is 18.2. The number of benzene rings is 2. The van der Waals surface area contributed by atoms with Crippen LogP contribution in [0.1, 0.15) is 34.5 Å². The molecule has 1 saturated heterocycles. The van der Waals surface area contributed by atoms with Crippen molar-refractivity contribution in [2.24, 2.45) is 0 Å². The quantitative estimate of drug-likeness (QED) is 0.567. The Morgan fingerprint density at radius 1 is 0.903 bits per heavy atom. The van der Waals surface area contributed by atoms with Crippen molar-refractivity contribution in [1.82, 2.24) is 5.32 Å². The fourth-order valence-corrected chi connectivity index (χ4v) is 4.46. The summed E-state index contributed by atoms with van der Waals surface area (Å²) in [7, 11) is 0. The van der Waals surface area contributed by atoms with E-state index in [0.717, 1.165) is 24.3 Å². The van der Waals surface area contributed by atoms with Crippen LogP contribution in [0.5, 0.6) is 0 Å². The summed E-state index contributed by atoms with van der Waals surface area (Å²) in [5.41, 5.74) is 2.91. The molecule has 4 rings (SSSR count). The zero-order valence-electron chi connectivity index (χ0n) is 17.4. The highest BCUT2D eigenvalue weighted by Gasteiger charge is 2.22. The van der Waals surface area contributed by atoms with E-state index in [4.69, 9.17) is 0 Å². The minimum absolute atomic E-state index is 0.223. The van der Waals surface area contributed by atoms with Gasteiger partial charge in [0.1, 0.15) is 6.04 Å². The van der Waals surface area contributed by atoms with Crippen LogP contribution in [0.2, 0.25) is 0 Å². The molecule has 31 heavy (non-hydrogen) atoms. The molecule has 0 aliphatic carbocycles. The van der Waals surface area contributed by atoms with Gasteiger partial charge in [-0.1, -0.05) is 36.4 Å². The molecule has 2 N–H and O–H groups in total. The Hall–Kier alpha value is -3.12. The Bertz CT molecular complexity index is 981. The lowest BCUT2D eigenvalue weighted by atomic mass is 10.0. The Morgan fingerprint density at radius 3 is 2.32 bits per heavy atom. The van der Waals surface area contributed by atoms with E-state index in [2.05, 4.69) is 27.7 Å². The van der Waals surface area contributed by atoms with Gasteiger partial charge in [0.25, 0.3) is 5.91 Å². The van der Waals surface area contributed by atoms with Crippen LogP contribution in [-0.2, 0) is 11.2 Å². The Kier molecular flexibility index (Phi) is 6.99. The fraction of sp³-hybridized carbons (Fsp3) is 0.280. The standard InChI is InChI=1S/C25H27N3O2S/c29-24(26-20-11-13-21(14-12-20)28-15-5-2-6-16-28)22(18-19-8-3-1-4-9-19)27-25(30)23-10-7-17-31-23/h1,3-4,7-14,17,22H,2,5-6,15-16,18H2,(H,26,29)(H,27,30)/t22-/m0/s1. The van der Waals surface area contributed by atoms with Crippen LogP contribution >= 0.6 is 11.3 Å². The average molecular weight is 434 g/mol. The van der Waals surface area contributed by atoms with E-state index in [1.165, 1.54) is 36.3 Å². The van der Waals surface area contributed by atoms with E-state index < -0.39 is 6.04 Å². The second kappa shape index (κ2) is 10.3. The highest BCUT2D eigenvalue weighted by atomic mass is 32.1. The van der Waals surface area contributed by atoms with Gasteiger partial charge in [0.2, 0.25) is 5.91 Å². The highest BCUT2D eigenvalue weighted by Crippen LogP contribution is 2.22. The van der Waals surface area contributed by atoms with Gasteiger partial charge in [0.15, 0.2) is 0 Å². The van der Waals surface area contributed by atoms with Crippen molar-refractivity contribution >= 4 is 34.5 Å². The topological polar surface area (TPSA) is 61.4 Å². The third kappa shape index (κ3) is 5.73. The molecule has 3 aromatic rings. The van der Waals surface area contributed by atoms with Crippen molar-refractivity contribution in [3.8, 4) is 0 Å². The summed E-state index contributed by atoms with van der Waals surface area (Å²) < 4.78 is 0. The molecule has 2 amide bonds. The number of nitrogens with one attached hydrogen (secondary N) is 2. The summed E-state index contributed by atoms with van der Waals surface area (Å²) in [6.07, 6.45) is 4.17. The number of amides is 2. The van der Waals surface area contributed by atoms with Crippen molar-refractivity contribution in [1.29, 1.82) is 0 Å². The summed E-state index contributed by atoms with van der Waals surface area (Å²) in [6.45, 7) is 2.17. The van der Waals surface area contributed by atoms with Gasteiger partial charge in [0, 0.05) is 30.9 Å². The monoisotopic (exact) mass is 433 g/mol. The van der Waals surface area contributed by atoms with Crippen molar-refractivity contribution in [3.63, 3.8) is 0 Å². The normalized spacial score (nSPS) is 14.6. The molecule has 0 spiro atoms. The third-order valence-corrected chi connectivity index (χ3v) is 6.37. The first-order valence-corrected chi connectivity index (χ1v) is 11.6. The number of hydrogen-bond donors (Lipinski definition) is 2. The van der Waals surface area contributed by atoms with Gasteiger partial charge in [0.05, 0.1) is 4.88 Å². The van der Waals surface area contributed by atoms with Crippen LogP contribution in [0, 0.1) is 0 Å². The SMILES string of the molecule is O=C(N[C@@H](Cc1ccccc1)C(=O)Nc1ccc(N2CCCCC2)cc1)c1cccs1. The van der Waals surface area contributed by atoms with Crippen LogP contribution < -0.4 is 15.5 Å². The maximum atomic E-state index is 13.1. The summed E-state index contributed by atoms with van der Waals surface area (Å²) in [5, 5.41) is 7.73. The van der Waals surface area contributed by atoms with Gasteiger partial charge in [-0.15, -0.1) is 11.3 Å². The predicted octanol–water partition coefficient (Wildman–Crippen LogP) is 4.72. The molecule has 160 valence electrons. The minimum atomic E-state index is -0.668. The van der Waals surface area contributed by atoms with Crippen LogP contribution in [0.15, 0.2) is 72.1 Å². The molecular formula is C25H27N3O2S. The molecule has 5 nitrogen and oxygen atoms in total. The van der Waals surface area contributed by atoms with Gasteiger partial charge in [-0.05, 0) is 60.5 Å². The molecule has 0 saturated carbocycles. The second-order valence-corrected chi connectivity index (χ2v) is 8.72. The second-order valence-electron chi connectivity index (χ2n) is 7.78. The number of rotatable bonds is 7. The van der Waals surface area contributed by atoms with E-state index >= 15 is 0 Å². The molecular weight excluding hydrogens is 406 g/mol. The van der Waals surface area contributed by atoms with E-state index in [-0.39, 0.29) is 11.8 Å². The smallest absolute Gasteiger partial charge is 0.262 e.